The van der Waals surface area contributed by atoms with Crippen LogP contribution in [0.4, 0.5) is 0 Å². The summed E-state index contributed by atoms with van der Waals surface area (Å²) in [7, 11) is 0. The van der Waals surface area contributed by atoms with Crippen molar-refractivity contribution in [2.75, 3.05) is 0 Å². The topological polar surface area (TPSA) is 56.5 Å². The van der Waals surface area contributed by atoms with Crippen LogP contribution < -0.4 is 0 Å². The van der Waals surface area contributed by atoms with Gasteiger partial charge in [-0.15, -0.1) is 0 Å². The van der Waals surface area contributed by atoms with Gasteiger partial charge in [0.2, 0.25) is 0 Å². The molecule has 0 radical (unpaired) electrons. The number of hydrogen-bond acceptors (Lipinski definition) is 4. The van der Waals surface area contributed by atoms with E-state index >= 15 is 0 Å². The van der Waals surface area contributed by atoms with E-state index in [9.17, 15) is 0 Å². The summed E-state index contributed by atoms with van der Waals surface area (Å²) in [6, 6.07) is 20.6. The minimum absolute atomic E-state index is 0.816. The molecule has 0 saturated heterocycles. The van der Waals surface area contributed by atoms with Crippen LogP contribution in [0.2, 0.25) is 0 Å². The van der Waals surface area contributed by atoms with E-state index in [0.717, 1.165) is 71.3 Å². The van der Waals surface area contributed by atoms with Crippen molar-refractivity contribution in [2.45, 2.75) is 0 Å². The molecule has 5 heterocycles. The molecule has 144 valence electrons. The highest BCUT2D eigenvalue weighted by Crippen LogP contribution is 2.39. The third-order valence-electron chi connectivity index (χ3n) is 6.29. The highest BCUT2D eigenvalue weighted by atomic mass is 16.3. The molecular formula is C26H13N3O2. The summed E-state index contributed by atoms with van der Waals surface area (Å²) in [5, 5.41) is 6.42. The maximum absolute atomic E-state index is 6.29. The first-order valence-electron chi connectivity index (χ1n) is 10.2. The fraction of sp³-hybridized carbons (Fsp3) is 0. The summed E-state index contributed by atoms with van der Waals surface area (Å²) in [5.74, 6) is 0. The summed E-state index contributed by atoms with van der Waals surface area (Å²) >= 11 is 0. The molecule has 5 heteroatoms. The van der Waals surface area contributed by atoms with Crippen LogP contribution in [-0.2, 0) is 0 Å². The normalized spacial score (nSPS) is 12.5. The number of aromatic nitrogens is 3. The third kappa shape index (κ3) is 1.86. The Morgan fingerprint density at radius 3 is 2.32 bits per heavy atom. The van der Waals surface area contributed by atoms with Crippen molar-refractivity contribution in [3.63, 3.8) is 0 Å². The number of para-hydroxylation sites is 1. The molecule has 5 nitrogen and oxygen atoms in total. The van der Waals surface area contributed by atoms with Crippen LogP contribution in [0.15, 0.2) is 88.1 Å². The minimum atomic E-state index is 0.816. The van der Waals surface area contributed by atoms with Crippen LogP contribution in [0.25, 0.3) is 71.3 Å². The van der Waals surface area contributed by atoms with Gasteiger partial charge in [0.05, 0.1) is 11.0 Å². The van der Waals surface area contributed by atoms with Crippen LogP contribution in [0, 0.1) is 0 Å². The summed E-state index contributed by atoms with van der Waals surface area (Å²) in [5.41, 5.74) is 6.27. The van der Waals surface area contributed by atoms with Crippen molar-refractivity contribution >= 4 is 71.3 Å². The second-order valence-corrected chi connectivity index (χ2v) is 7.93. The number of imidazole rings is 1. The van der Waals surface area contributed by atoms with Crippen molar-refractivity contribution < 1.29 is 8.83 Å². The average molecular weight is 399 g/mol. The van der Waals surface area contributed by atoms with Gasteiger partial charge in [-0.05, 0) is 36.4 Å². The Hall–Kier alpha value is -4.38. The number of nitrogens with zero attached hydrogens (tertiary/aromatic N) is 3. The van der Waals surface area contributed by atoms with Gasteiger partial charge >= 0.3 is 0 Å². The molecule has 8 rings (SSSR count). The third-order valence-corrected chi connectivity index (χ3v) is 6.29. The van der Waals surface area contributed by atoms with E-state index in [-0.39, 0.29) is 0 Å². The van der Waals surface area contributed by atoms with Crippen LogP contribution >= 0.6 is 0 Å². The van der Waals surface area contributed by atoms with Crippen molar-refractivity contribution in [3.05, 3.63) is 79.3 Å². The lowest BCUT2D eigenvalue weighted by Gasteiger charge is -2.07. The van der Waals surface area contributed by atoms with Gasteiger partial charge < -0.3 is 8.83 Å². The van der Waals surface area contributed by atoms with E-state index in [0.29, 0.717) is 0 Å². The van der Waals surface area contributed by atoms with E-state index in [1.54, 1.807) is 0 Å². The van der Waals surface area contributed by atoms with Crippen molar-refractivity contribution in [2.24, 2.45) is 0 Å². The molecule has 0 aliphatic rings. The zero-order valence-corrected chi connectivity index (χ0v) is 16.2. The second-order valence-electron chi connectivity index (χ2n) is 7.93. The zero-order valence-electron chi connectivity index (χ0n) is 16.2. The van der Waals surface area contributed by atoms with E-state index in [1.165, 1.54) is 0 Å². The molecule has 31 heavy (non-hydrogen) atoms. The molecule has 0 unspecified atom stereocenters. The van der Waals surface area contributed by atoms with Gasteiger partial charge in [-0.3, -0.25) is 9.38 Å². The quantitative estimate of drug-likeness (QED) is 0.262. The van der Waals surface area contributed by atoms with Crippen LogP contribution in [0.5, 0.6) is 0 Å². The van der Waals surface area contributed by atoms with Crippen molar-refractivity contribution in [1.82, 2.24) is 14.4 Å². The number of pyridine rings is 2. The number of furan rings is 2. The molecule has 0 saturated carbocycles. The Kier molecular flexibility index (Phi) is 2.60. The fourth-order valence-corrected chi connectivity index (χ4v) is 4.92. The average Bonchev–Trinajstić information content (AvgIpc) is 3.51. The van der Waals surface area contributed by atoms with Gasteiger partial charge in [-0.1, -0.05) is 18.2 Å². The SMILES string of the molecule is c1ccc2c(c1)oc1cc3oc4cc5c6ncccc6c6nccn6c5cc4c3cc12. The van der Waals surface area contributed by atoms with Gasteiger partial charge in [0.1, 0.15) is 28.0 Å². The van der Waals surface area contributed by atoms with Crippen LogP contribution in [-0.4, -0.2) is 14.4 Å². The number of rotatable bonds is 0. The lowest BCUT2D eigenvalue weighted by atomic mass is 10.1. The van der Waals surface area contributed by atoms with E-state index in [4.69, 9.17) is 8.83 Å². The molecule has 0 spiro atoms. The first-order valence-corrected chi connectivity index (χ1v) is 10.2. The fourth-order valence-electron chi connectivity index (χ4n) is 4.92. The van der Waals surface area contributed by atoms with Crippen LogP contribution in [0.3, 0.4) is 0 Å². The molecule has 0 aliphatic heterocycles. The van der Waals surface area contributed by atoms with Gasteiger partial charge in [0.15, 0.2) is 0 Å². The summed E-state index contributed by atoms with van der Waals surface area (Å²) in [6.45, 7) is 0. The Morgan fingerprint density at radius 2 is 1.35 bits per heavy atom. The molecule has 0 aliphatic carbocycles. The predicted octanol–water partition coefficient (Wildman–Crippen LogP) is 6.83. The Labute approximate surface area is 174 Å². The molecule has 0 amide bonds. The highest BCUT2D eigenvalue weighted by molar-refractivity contribution is 6.19. The van der Waals surface area contributed by atoms with E-state index in [2.05, 4.69) is 44.7 Å². The van der Waals surface area contributed by atoms with E-state index < -0.39 is 0 Å². The first kappa shape index (κ1) is 15.5. The molecular weight excluding hydrogens is 386 g/mol. The van der Waals surface area contributed by atoms with E-state index in [1.807, 2.05) is 48.9 Å². The standard InChI is InChI=1S/C26H13N3O2/c1-2-6-21-14(4-1)16-10-17-18-11-20-19(12-22(18)31-24(17)13-23(16)30-21)25-15(5-3-7-27-25)26-28-8-9-29(20)26/h1-13H. The maximum atomic E-state index is 6.29. The maximum Gasteiger partial charge on any atom is 0.146 e. The zero-order chi connectivity index (χ0) is 20.1. The van der Waals surface area contributed by atoms with Crippen LogP contribution in [0.1, 0.15) is 0 Å². The Morgan fingerprint density at radius 1 is 0.581 bits per heavy atom. The predicted molar refractivity (Wildman–Crippen MR) is 123 cm³/mol. The Balaban J connectivity index is 1.59. The van der Waals surface area contributed by atoms with Crippen molar-refractivity contribution in [3.8, 4) is 0 Å². The van der Waals surface area contributed by atoms with Gasteiger partial charge in [-0.25, -0.2) is 4.98 Å². The minimum Gasteiger partial charge on any atom is -0.456 e. The Bertz CT molecular complexity index is 2010. The van der Waals surface area contributed by atoms with Gasteiger partial charge in [-0.2, -0.15) is 0 Å². The highest BCUT2D eigenvalue weighted by Gasteiger charge is 2.16. The summed E-state index contributed by atoms with van der Waals surface area (Å²) in [4.78, 5) is 9.24. The number of hydrogen-bond donors (Lipinski definition) is 0. The monoisotopic (exact) mass is 399 g/mol. The molecule has 0 fully saturated rings. The molecule has 0 bridgehead atoms. The molecule has 0 N–H and O–H groups in total. The molecule has 5 aromatic heterocycles. The molecule has 3 aromatic carbocycles. The smallest absolute Gasteiger partial charge is 0.146 e. The second kappa shape index (κ2) is 5.21. The first-order chi connectivity index (χ1) is 15.3. The van der Waals surface area contributed by atoms with Gasteiger partial charge in [0, 0.05) is 57.0 Å². The largest absolute Gasteiger partial charge is 0.456 e. The lowest BCUT2D eigenvalue weighted by molar-refractivity contribution is 0.656. The number of benzene rings is 3. The summed E-state index contributed by atoms with van der Waals surface area (Å²) < 4.78 is 14.5. The van der Waals surface area contributed by atoms with Crippen molar-refractivity contribution in [1.29, 1.82) is 0 Å². The number of fused-ring (bicyclic) bond motifs is 12. The summed E-state index contributed by atoms with van der Waals surface area (Å²) in [6.07, 6.45) is 5.66. The molecule has 0 atom stereocenters. The lowest BCUT2D eigenvalue weighted by Crippen LogP contribution is -1.91. The van der Waals surface area contributed by atoms with Gasteiger partial charge in [0.25, 0.3) is 0 Å². The molecule has 8 aromatic rings.